The molecule has 1 aromatic heterocycles. The number of carbonyl (C=O) groups is 1. The third kappa shape index (κ3) is 2.16. The van der Waals surface area contributed by atoms with E-state index in [0.29, 0.717) is 24.6 Å². The first-order chi connectivity index (χ1) is 8.54. The van der Waals surface area contributed by atoms with Crippen LogP contribution in [-0.4, -0.2) is 21.9 Å². The van der Waals surface area contributed by atoms with Crippen LogP contribution in [-0.2, 0) is 0 Å². The van der Waals surface area contributed by atoms with E-state index in [1.54, 1.807) is 0 Å². The molecule has 0 bridgehead atoms. The predicted octanol–water partition coefficient (Wildman–Crippen LogP) is 2.46. The van der Waals surface area contributed by atoms with Crippen molar-refractivity contribution in [2.24, 2.45) is 5.73 Å². The number of nitrogens with zero attached hydrogens (tertiary/aromatic N) is 2. The van der Waals surface area contributed by atoms with Crippen molar-refractivity contribution < 1.29 is 4.79 Å². The predicted molar refractivity (Wildman–Crippen MR) is 72.9 cm³/mol. The van der Waals surface area contributed by atoms with Gasteiger partial charge in [0.15, 0.2) is 5.78 Å². The number of imidazole rings is 1. The molecular formula is C14H19N3O. The van der Waals surface area contributed by atoms with E-state index in [4.69, 9.17) is 5.73 Å². The maximum atomic E-state index is 11.8. The first kappa shape index (κ1) is 12.8. The van der Waals surface area contributed by atoms with E-state index in [1.807, 2.05) is 25.1 Å². The standard InChI is InChI=1S/C14H19N3O/c1-9(2)17-10(3)16-12-8-11(4-5-13(12)17)14(18)6-7-15/h4-5,8-9H,6-7,15H2,1-3H3. The number of aromatic nitrogens is 2. The van der Waals surface area contributed by atoms with Crippen molar-refractivity contribution in [3.05, 3.63) is 29.6 Å². The van der Waals surface area contributed by atoms with E-state index in [2.05, 4.69) is 23.4 Å². The molecule has 0 aliphatic heterocycles. The second-order valence-corrected chi connectivity index (χ2v) is 4.79. The molecule has 1 heterocycles. The normalized spacial score (nSPS) is 11.4. The van der Waals surface area contributed by atoms with Crippen LogP contribution in [0.1, 0.15) is 42.5 Å². The summed E-state index contributed by atoms with van der Waals surface area (Å²) in [6.07, 6.45) is 0.384. The van der Waals surface area contributed by atoms with Gasteiger partial charge in [0.25, 0.3) is 0 Å². The number of Topliss-reactive ketones (excluding diaryl/α,β-unsaturated/α-hetero) is 1. The Kier molecular flexibility index (Phi) is 3.48. The van der Waals surface area contributed by atoms with Crippen molar-refractivity contribution in [2.45, 2.75) is 33.2 Å². The Morgan fingerprint density at radius 2 is 2.17 bits per heavy atom. The monoisotopic (exact) mass is 245 g/mol. The summed E-state index contributed by atoms with van der Waals surface area (Å²) >= 11 is 0. The molecule has 2 N–H and O–H groups in total. The van der Waals surface area contributed by atoms with Crippen LogP contribution < -0.4 is 5.73 Å². The van der Waals surface area contributed by atoms with Crippen LogP contribution in [0.25, 0.3) is 11.0 Å². The number of aryl methyl sites for hydroxylation is 1. The molecule has 4 heteroatoms. The number of carbonyl (C=O) groups excluding carboxylic acids is 1. The molecule has 0 aliphatic rings. The smallest absolute Gasteiger partial charge is 0.164 e. The maximum Gasteiger partial charge on any atom is 0.164 e. The summed E-state index contributed by atoms with van der Waals surface area (Å²) in [5, 5.41) is 0. The summed E-state index contributed by atoms with van der Waals surface area (Å²) in [7, 11) is 0. The molecule has 0 unspecified atom stereocenters. The highest BCUT2D eigenvalue weighted by Gasteiger charge is 2.12. The van der Waals surface area contributed by atoms with Crippen LogP contribution in [0.5, 0.6) is 0 Å². The molecule has 2 aromatic rings. The number of ketones is 1. The summed E-state index contributed by atoms with van der Waals surface area (Å²) in [5.41, 5.74) is 8.06. The van der Waals surface area contributed by atoms with Gasteiger partial charge in [0, 0.05) is 18.0 Å². The second kappa shape index (κ2) is 4.90. The molecule has 2 rings (SSSR count). The molecule has 4 nitrogen and oxygen atoms in total. The molecule has 96 valence electrons. The molecule has 0 saturated carbocycles. The van der Waals surface area contributed by atoms with Crippen molar-refractivity contribution >= 4 is 16.8 Å². The molecular weight excluding hydrogens is 226 g/mol. The van der Waals surface area contributed by atoms with Crippen LogP contribution in [0.2, 0.25) is 0 Å². The Hall–Kier alpha value is -1.68. The fourth-order valence-corrected chi connectivity index (χ4v) is 2.32. The fourth-order valence-electron chi connectivity index (χ4n) is 2.32. The zero-order valence-corrected chi connectivity index (χ0v) is 11.1. The van der Waals surface area contributed by atoms with Gasteiger partial charge in [0.05, 0.1) is 11.0 Å². The Labute approximate surface area is 107 Å². The molecule has 18 heavy (non-hydrogen) atoms. The lowest BCUT2D eigenvalue weighted by molar-refractivity contribution is 0.0985. The van der Waals surface area contributed by atoms with Crippen LogP contribution >= 0.6 is 0 Å². The summed E-state index contributed by atoms with van der Waals surface area (Å²) < 4.78 is 2.17. The van der Waals surface area contributed by atoms with E-state index in [9.17, 15) is 4.79 Å². The van der Waals surface area contributed by atoms with Crippen molar-refractivity contribution in [3.8, 4) is 0 Å². The quantitative estimate of drug-likeness (QED) is 0.842. The Morgan fingerprint density at radius 3 is 2.78 bits per heavy atom. The van der Waals surface area contributed by atoms with Gasteiger partial charge in [-0.15, -0.1) is 0 Å². The van der Waals surface area contributed by atoms with E-state index >= 15 is 0 Å². The van der Waals surface area contributed by atoms with Crippen LogP contribution in [0.3, 0.4) is 0 Å². The minimum absolute atomic E-state index is 0.0798. The maximum absolute atomic E-state index is 11.8. The molecule has 0 spiro atoms. The summed E-state index contributed by atoms with van der Waals surface area (Å²) in [5.74, 6) is 1.06. The lowest BCUT2D eigenvalue weighted by Gasteiger charge is -2.10. The van der Waals surface area contributed by atoms with E-state index < -0.39 is 0 Å². The van der Waals surface area contributed by atoms with Gasteiger partial charge >= 0.3 is 0 Å². The molecule has 1 aromatic carbocycles. The highest BCUT2D eigenvalue weighted by molar-refractivity contribution is 5.99. The van der Waals surface area contributed by atoms with Gasteiger partial charge in [-0.2, -0.15) is 0 Å². The Morgan fingerprint density at radius 1 is 1.44 bits per heavy atom. The lowest BCUT2D eigenvalue weighted by Crippen LogP contribution is -2.08. The zero-order chi connectivity index (χ0) is 13.3. The molecule has 0 fully saturated rings. The number of fused-ring (bicyclic) bond motifs is 1. The van der Waals surface area contributed by atoms with E-state index in [0.717, 1.165) is 16.9 Å². The van der Waals surface area contributed by atoms with E-state index in [-0.39, 0.29) is 5.78 Å². The summed E-state index contributed by atoms with van der Waals surface area (Å²) in [4.78, 5) is 16.3. The number of hydrogen-bond acceptors (Lipinski definition) is 3. The third-order valence-corrected chi connectivity index (χ3v) is 3.08. The first-order valence-electron chi connectivity index (χ1n) is 6.26. The molecule has 0 radical (unpaired) electrons. The minimum Gasteiger partial charge on any atom is -0.330 e. The first-order valence-corrected chi connectivity index (χ1v) is 6.26. The van der Waals surface area contributed by atoms with Crippen LogP contribution in [0, 0.1) is 6.92 Å². The molecule has 0 saturated heterocycles. The van der Waals surface area contributed by atoms with Gasteiger partial charge < -0.3 is 10.3 Å². The minimum atomic E-state index is 0.0798. The topological polar surface area (TPSA) is 60.9 Å². The van der Waals surface area contributed by atoms with Gasteiger partial charge in [-0.3, -0.25) is 4.79 Å². The Balaban J connectivity index is 2.51. The number of hydrogen-bond donors (Lipinski definition) is 1. The SMILES string of the molecule is Cc1nc2cc(C(=O)CCN)ccc2n1C(C)C. The molecule has 0 atom stereocenters. The number of rotatable bonds is 4. The van der Waals surface area contributed by atoms with Crippen molar-refractivity contribution in [1.29, 1.82) is 0 Å². The highest BCUT2D eigenvalue weighted by Crippen LogP contribution is 2.22. The van der Waals surface area contributed by atoms with Crippen LogP contribution in [0.4, 0.5) is 0 Å². The van der Waals surface area contributed by atoms with Gasteiger partial charge in [0.2, 0.25) is 0 Å². The van der Waals surface area contributed by atoms with Gasteiger partial charge in [0.1, 0.15) is 5.82 Å². The van der Waals surface area contributed by atoms with Crippen LogP contribution in [0.15, 0.2) is 18.2 Å². The molecule has 0 aliphatic carbocycles. The van der Waals surface area contributed by atoms with E-state index in [1.165, 1.54) is 0 Å². The highest BCUT2D eigenvalue weighted by atomic mass is 16.1. The number of benzene rings is 1. The van der Waals surface area contributed by atoms with Gasteiger partial charge in [-0.05, 0) is 45.5 Å². The van der Waals surface area contributed by atoms with Gasteiger partial charge in [-0.25, -0.2) is 4.98 Å². The van der Waals surface area contributed by atoms with Crippen molar-refractivity contribution in [1.82, 2.24) is 9.55 Å². The largest absolute Gasteiger partial charge is 0.330 e. The lowest BCUT2D eigenvalue weighted by atomic mass is 10.1. The summed E-state index contributed by atoms with van der Waals surface area (Å²) in [6.45, 7) is 6.63. The molecule has 0 amide bonds. The Bertz CT molecular complexity index is 584. The van der Waals surface area contributed by atoms with Crippen molar-refractivity contribution in [3.63, 3.8) is 0 Å². The number of nitrogens with two attached hydrogens (primary N) is 1. The average Bonchev–Trinajstić information content (AvgIpc) is 2.63. The zero-order valence-electron chi connectivity index (χ0n) is 11.1. The second-order valence-electron chi connectivity index (χ2n) is 4.79. The van der Waals surface area contributed by atoms with Crippen molar-refractivity contribution in [2.75, 3.05) is 6.54 Å². The summed E-state index contributed by atoms with van der Waals surface area (Å²) in [6, 6.07) is 6.05. The average molecular weight is 245 g/mol. The van der Waals surface area contributed by atoms with Gasteiger partial charge in [-0.1, -0.05) is 0 Å². The third-order valence-electron chi connectivity index (χ3n) is 3.08. The fraction of sp³-hybridized carbons (Fsp3) is 0.429.